The molecule has 4 heteroatoms. The third kappa shape index (κ3) is 3.32. The lowest BCUT2D eigenvalue weighted by atomic mass is 10.0. The summed E-state index contributed by atoms with van der Waals surface area (Å²) in [6, 6.07) is 1.64. The lowest BCUT2D eigenvalue weighted by molar-refractivity contribution is -0.140. The number of rotatable bonds is 6. The van der Waals surface area contributed by atoms with Crippen LogP contribution >= 0.6 is 11.3 Å². The zero-order valence-corrected chi connectivity index (χ0v) is 10.8. The van der Waals surface area contributed by atoms with Gasteiger partial charge in [0.05, 0.1) is 0 Å². The van der Waals surface area contributed by atoms with Crippen LogP contribution in [0.5, 0.6) is 0 Å². The summed E-state index contributed by atoms with van der Waals surface area (Å²) in [5.74, 6) is -0.674. The van der Waals surface area contributed by atoms with Gasteiger partial charge in [0.1, 0.15) is 6.04 Å². The normalized spacial score (nSPS) is 13.0. The van der Waals surface area contributed by atoms with Crippen LogP contribution in [-0.4, -0.2) is 17.1 Å². The van der Waals surface area contributed by atoms with Crippen molar-refractivity contribution in [1.82, 2.24) is 5.32 Å². The highest BCUT2D eigenvalue weighted by Gasteiger charge is 2.20. The van der Waals surface area contributed by atoms with Crippen LogP contribution < -0.4 is 5.32 Å². The molecule has 16 heavy (non-hydrogen) atoms. The molecule has 0 saturated heterocycles. The molecule has 1 unspecified atom stereocenters. The Balaban J connectivity index is 2.59. The first-order valence-electron chi connectivity index (χ1n) is 5.57. The minimum Gasteiger partial charge on any atom is -0.480 e. The molecule has 2 N–H and O–H groups in total. The molecule has 0 aromatic carbocycles. The van der Waals surface area contributed by atoms with E-state index in [4.69, 9.17) is 5.11 Å². The summed E-state index contributed by atoms with van der Waals surface area (Å²) in [5.41, 5.74) is 1.31. The SMILES string of the molecule is CCc1ccsc1CNC(C(=O)O)C(C)C. The second kappa shape index (κ2) is 6.01. The molecular formula is C12H19NO2S. The third-order valence-electron chi connectivity index (χ3n) is 2.63. The predicted octanol–water partition coefficient (Wildman–Crippen LogP) is 2.51. The molecule has 0 aliphatic carbocycles. The first kappa shape index (κ1) is 13.2. The van der Waals surface area contributed by atoms with Gasteiger partial charge in [-0.25, -0.2) is 0 Å². The van der Waals surface area contributed by atoms with Gasteiger partial charge < -0.3 is 5.11 Å². The van der Waals surface area contributed by atoms with Crippen molar-refractivity contribution in [3.63, 3.8) is 0 Å². The Bertz CT molecular complexity index is 347. The zero-order valence-electron chi connectivity index (χ0n) is 9.99. The maximum atomic E-state index is 11.0. The Labute approximate surface area is 100 Å². The zero-order chi connectivity index (χ0) is 12.1. The van der Waals surface area contributed by atoms with Crippen LogP contribution in [0.25, 0.3) is 0 Å². The predicted molar refractivity (Wildman–Crippen MR) is 66.8 cm³/mol. The maximum absolute atomic E-state index is 11.0. The molecule has 0 spiro atoms. The Morgan fingerprint density at radius 2 is 2.25 bits per heavy atom. The molecule has 90 valence electrons. The van der Waals surface area contributed by atoms with E-state index in [0.717, 1.165) is 6.42 Å². The largest absolute Gasteiger partial charge is 0.480 e. The highest BCUT2D eigenvalue weighted by atomic mass is 32.1. The average molecular weight is 241 g/mol. The summed E-state index contributed by atoms with van der Waals surface area (Å²) in [7, 11) is 0. The van der Waals surface area contributed by atoms with Crippen LogP contribution in [0.4, 0.5) is 0 Å². The second-order valence-electron chi connectivity index (χ2n) is 4.16. The number of hydrogen-bond acceptors (Lipinski definition) is 3. The van der Waals surface area contributed by atoms with Crippen LogP contribution in [0.15, 0.2) is 11.4 Å². The first-order chi connectivity index (χ1) is 7.56. The molecular weight excluding hydrogens is 222 g/mol. The van der Waals surface area contributed by atoms with E-state index in [1.54, 1.807) is 11.3 Å². The smallest absolute Gasteiger partial charge is 0.320 e. The highest BCUT2D eigenvalue weighted by molar-refractivity contribution is 7.10. The number of carboxylic acids is 1. The molecule has 3 nitrogen and oxygen atoms in total. The fourth-order valence-corrected chi connectivity index (χ4v) is 2.57. The van der Waals surface area contributed by atoms with Gasteiger partial charge in [-0.15, -0.1) is 11.3 Å². The van der Waals surface area contributed by atoms with Crippen molar-refractivity contribution in [2.24, 2.45) is 5.92 Å². The summed E-state index contributed by atoms with van der Waals surface area (Å²) >= 11 is 1.68. The molecule has 0 aliphatic rings. The fourth-order valence-electron chi connectivity index (χ4n) is 1.65. The van der Waals surface area contributed by atoms with E-state index >= 15 is 0 Å². The molecule has 1 aromatic rings. The minimum absolute atomic E-state index is 0.0996. The van der Waals surface area contributed by atoms with E-state index in [0.29, 0.717) is 6.54 Å². The third-order valence-corrected chi connectivity index (χ3v) is 3.60. The quantitative estimate of drug-likeness (QED) is 0.804. The topological polar surface area (TPSA) is 49.3 Å². The van der Waals surface area contributed by atoms with Gasteiger partial charge in [-0.2, -0.15) is 0 Å². The van der Waals surface area contributed by atoms with Crippen LogP contribution in [0.1, 0.15) is 31.2 Å². The number of carboxylic acid groups (broad SMARTS) is 1. The van der Waals surface area contributed by atoms with Gasteiger partial charge in [0.15, 0.2) is 0 Å². The molecule has 0 fully saturated rings. The van der Waals surface area contributed by atoms with Gasteiger partial charge >= 0.3 is 5.97 Å². The minimum atomic E-state index is -0.774. The standard InChI is InChI=1S/C12H19NO2S/c1-4-9-5-6-16-10(9)7-13-11(8(2)3)12(14)15/h5-6,8,11,13H,4,7H2,1-3H3,(H,14,15). The van der Waals surface area contributed by atoms with Gasteiger partial charge in [0.2, 0.25) is 0 Å². The van der Waals surface area contributed by atoms with Crippen molar-refractivity contribution < 1.29 is 9.90 Å². The van der Waals surface area contributed by atoms with Crippen LogP contribution in [0.2, 0.25) is 0 Å². The summed E-state index contributed by atoms with van der Waals surface area (Å²) < 4.78 is 0. The second-order valence-corrected chi connectivity index (χ2v) is 5.16. The molecule has 1 rings (SSSR count). The maximum Gasteiger partial charge on any atom is 0.320 e. The Kier molecular flexibility index (Phi) is 4.96. The Hall–Kier alpha value is -0.870. The molecule has 1 aromatic heterocycles. The number of nitrogens with one attached hydrogen (secondary N) is 1. The van der Waals surface area contributed by atoms with Crippen molar-refractivity contribution in [3.8, 4) is 0 Å². The highest BCUT2D eigenvalue weighted by Crippen LogP contribution is 2.17. The summed E-state index contributed by atoms with van der Waals surface area (Å²) in [4.78, 5) is 12.2. The van der Waals surface area contributed by atoms with E-state index in [9.17, 15) is 4.79 Å². The number of carbonyl (C=O) groups is 1. The van der Waals surface area contributed by atoms with Gasteiger partial charge in [-0.05, 0) is 29.3 Å². The molecule has 1 heterocycles. The van der Waals surface area contributed by atoms with Gasteiger partial charge in [-0.1, -0.05) is 20.8 Å². The Morgan fingerprint density at radius 1 is 1.56 bits per heavy atom. The van der Waals surface area contributed by atoms with E-state index < -0.39 is 12.0 Å². The van der Waals surface area contributed by atoms with Crippen LogP contribution in [-0.2, 0) is 17.8 Å². The fraction of sp³-hybridized carbons (Fsp3) is 0.583. The van der Waals surface area contributed by atoms with Gasteiger partial charge in [0.25, 0.3) is 0 Å². The summed E-state index contributed by atoms with van der Waals surface area (Å²) in [6.07, 6.45) is 1.000. The molecule has 0 amide bonds. The average Bonchev–Trinajstić information content (AvgIpc) is 2.64. The molecule has 0 bridgehead atoms. The first-order valence-corrected chi connectivity index (χ1v) is 6.45. The van der Waals surface area contributed by atoms with Crippen molar-refractivity contribution in [2.75, 3.05) is 0 Å². The number of hydrogen-bond donors (Lipinski definition) is 2. The van der Waals surface area contributed by atoms with E-state index in [1.807, 2.05) is 13.8 Å². The number of aliphatic carboxylic acids is 1. The number of aryl methyl sites for hydroxylation is 1. The van der Waals surface area contributed by atoms with Crippen molar-refractivity contribution in [2.45, 2.75) is 39.8 Å². The lowest BCUT2D eigenvalue weighted by Crippen LogP contribution is -2.40. The monoisotopic (exact) mass is 241 g/mol. The molecule has 0 saturated carbocycles. The Morgan fingerprint density at radius 3 is 2.75 bits per heavy atom. The van der Waals surface area contributed by atoms with E-state index in [1.165, 1.54) is 10.4 Å². The van der Waals surface area contributed by atoms with Crippen molar-refractivity contribution in [1.29, 1.82) is 0 Å². The summed E-state index contributed by atoms with van der Waals surface area (Å²) in [5, 5.41) is 14.2. The van der Waals surface area contributed by atoms with Crippen molar-refractivity contribution >= 4 is 17.3 Å². The van der Waals surface area contributed by atoms with Crippen molar-refractivity contribution in [3.05, 3.63) is 21.9 Å². The molecule has 0 aliphatic heterocycles. The van der Waals surface area contributed by atoms with E-state index in [2.05, 4.69) is 23.7 Å². The van der Waals surface area contributed by atoms with Crippen LogP contribution in [0.3, 0.4) is 0 Å². The molecule has 1 atom stereocenters. The van der Waals surface area contributed by atoms with E-state index in [-0.39, 0.29) is 5.92 Å². The molecule has 0 radical (unpaired) electrons. The number of thiophene rings is 1. The summed E-state index contributed by atoms with van der Waals surface area (Å²) in [6.45, 7) is 6.60. The van der Waals surface area contributed by atoms with Crippen LogP contribution in [0, 0.1) is 5.92 Å². The van der Waals surface area contributed by atoms with Gasteiger partial charge in [0, 0.05) is 11.4 Å². The van der Waals surface area contributed by atoms with Gasteiger partial charge in [-0.3, -0.25) is 10.1 Å². The lowest BCUT2D eigenvalue weighted by Gasteiger charge is -2.17.